The summed E-state index contributed by atoms with van der Waals surface area (Å²) in [6, 6.07) is 16.2. The number of aryl methyl sites for hydroxylation is 1. The minimum absolute atomic E-state index is 0.0824. The topological polar surface area (TPSA) is 121 Å². The highest BCUT2D eigenvalue weighted by atomic mass is 16.2. The van der Waals surface area contributed by atoms with Crippen molar-refractivity contribution in [1.82, 2.24) is 25.8 Å². The molecule has 9 nitrogen and oxygen atoms in total. The van der Waals surface area contributed by atoms with Gasteiger partial charge in [0.1, 0.15) is 11.6 Å². The Labute approximate surface area is 174 Å². The minimum atomic E-state index is -0.284. The van der Waals surface area contributed by atoms with E-state index in [0.717, 1.165) is 5.56 Å². The zero-order valence-electron chi connectivity index (χ0n) is 16.6. The molecule has 0 atom stereocenters. The normalized spacial score (nSPS) is 10.2. The quantitative estimate of drug-likeness (QED) is 0.401. The molecule has 3 rings (SSSR count). The van der Waals surface area contributed by atoms with E-state index in [2.05, 4.69) is 36.4 Å². The summed E-state index contributed by atoms with van der Waals surface area (Å²) in [7, 11) is 0. The lowest BCUT2D eigenvalue weighted by atomic mass is 10.2. The van der Waals surface area contributed by atoms with Crippen LogP contribution in [0.3, 0.4) is 0 Å². The van der Waals surface area contributed by atoms with Crippen LogP contribution in [0.25, 0.3) is 0 Å². The SMILES string of the molecule is Cc1ccnc(Nc2ccc(NCCNC(=O)CNC(=O)c3ccccc3)nn2)c1. The molecule has 1 aromatic carbocycles. The van der Waals surface area contributed by atoms with Gasteiger partial charge in [-0.2, -0.15) is 0 Å². The molecule has 0 fully saturated rings. The van der Waals surface area contributed by atoms with Gasteiger partial charge in [-0.3, -0.25) is 9.59 Å². The smallest absolute Gasteiger partial charge is 0.251 e. The van der Waals surface area contributed by atoms with Gasteiger partial charge in [0, 0.05) is 24.8 Å². The van der Waals surface area contributed by atoms with Crippen LogP contribution in [-0.4, -0.2) is 46.6 Å². The molecular weight excluding hydrogens is 382 g/mol. The third-order valence-electron chi connectivity index (χ3n) is 4.03. The molecule has 0 aliphatic rings. The second-order valence-corrected chi connectivity index (χ2v) is 6.47. The van der Waals surface area contributed by atoms with Crippen molar-refractivity contribution in [3.05, 3.63) is 71.9 Å². The highest BCUT2D eigenvalue weighted by Crippen LogP contribution is 2.13. The number of anilines is 3. The number of hydrogen-bond donors (Lipinski definition) is 4. The maximum atomic E-state index is 11.9. The highest BCUT2D eigenvalue weighted by Gasteiger charge is 2.07. The third-order valence-corrected chi connectivity index (χ3v) is 4.03. The van der Waals surface area contributed by atoms with Gasteiger partial charge in [0.25, 0.3) is 5.91 Å². The monoisotopic (exact) mass is 405 g/mol. The number of nitrogens with zero attached hydrogens (tertiary/aromatic N) is 3. The standard InChI is InChI=1S/C21H23N7O2/c1-15-9-10-22-19(13-15)26-18-8-7-17(27-28-18)23-11-12-24-20(29)14-25-21(30)16-5-3-2-4-6-16/h2-10,13H,11-12,14H2,1H3,(H,23,27)(H,24,29)(H,25,30)(H,22,26,28). The molecule has 154 valence electrons. The third kappa shape index (κ3) is 6.55. The van der Waals surface area contributed by atoms with Crippen LogP contribution in [0, 0.1) is 6.92 Å². The number of carbonyl (C=O) groups is 2. The maximum Gasteiger partial charge on any atom is 0.251 e. The second kappa shape index (κ2) is 10.5. The molecule has 0 saturated heterocycles. The summed E-state index contributed by atoms with van der Waals surface area (Å²) in [6.45, 7) is 2.76. The van der Waals surface area contributed by atoms with E-state index in [4.69, 9.17) is 0 Å². The van der Waals surface area contributed by atoms with Crippen LogP contribution < -0.4 is 21.3 Å². The van der Waals surface area contributed by atoms with Crippen molar-refractivity contribution in [2.45, 2.75) is 6.92 Å². The van der Waals surface area contributed by atoms with E-state index < -0.39 is 0 Å². The molecule has 0 spiro atoms. The molecule has 0 radical (unpaired) electrons. The number of pyridine rings is 1. The van der Waals surface area contributed by atoms with E-state index in [0.29, 0.717) is 36.1 Å². The number of benzene rings is 1. The van der Waals surface area contributed by atoms with Crippen molar-refractivity contribution in [3.63, 3.8) is 0 Å². The van der Waals surface area contributed by atoms with E-state index in [1.165, 1.54) is 0 Å². The summed E-state index contributed by atoms with van der Waals surface area (Å²) < 4.78 is 0. The first-order chi connectivity index (χ1) is 14.6. The van der Waals surface area contributed by atoms with Crippen molar-refractivity contribution in [2.24, 2.45) is 0 Å². The number of carbonyl (C=O) groups excluding carboxylic acids is 2. The van der Waals surface area contributed by atoms with Gasteiger partial charge < -0.3 is 21.3 Å². The fourth-order valence-corrected chi connectivity index (χ4v) is 2.54. The molecular formula is C21H23N7O2. The molecule has 2 amide bonds. The fraction of sp³-hybridized carbons (Fsp3) is 0.190. The van der Waals surface area contributed by atoms with Crippen LogP contribution in [-0.2, 0) is 4.79 Å². The average molecular weight is 405 g/mol. The molecule has 0 unspecified atom stereocenters. The molecule has 9 heteroatoms. The molecule has 0 aliphatic heterocycles. The summed E-state index contributed by atoms with van der Waals surface area (Å²) in [6.07, 6.45) is 1.72. The summed E-state index contributed by atoms with van der Waals surface area (Å²) in [5, 5.41) is 19.6. The van der Waals surface area contributed by atoms with Gasteiger partial charge in [0.15, 0.2) is 5.82 Å². The minimum Gasteiger partial charge on any atom is -0.367 e. The van der Waals surface area contributed by atoms with E-state index in [9.17, 15) is 9.59 Å². The van der Waals surface area contributed by atoms with Crippen molar-refractivity contribution in [2.75, 3.05) is 30.3 Å². The molecule has 2 aromatic heterocycles. The van der Waals surface area contributed by atoms with Crippen molar-refractivity contribution >= 4 is 29.3 Å². The lowest BCUT2D eigenvalue weighted by molar-refractivity contribution is -0.120. The molecule has 3 aromatic rings. The Bertz CT molecular complexity index is 978. The average Bonchev–Trinajstić information content (AvgIpc) is 2.77. The summed E-state index contributed by atoms with van der Waals surface area (Å²) in [5.41, 5.74) is 1.61. The maximum absolute atomic E-state index is 11.9. The molecule has 30 heavy (non-hydrogen) atoms. The Morgan fingerprint density at radius 3 is 2.37 bits per heavy atom. The Hall–Kier alpha value is -4.01. The van der Waals surface area contributed by atoms with Crippen molar-refractivity contribution in [1.29, 1.82) is 0 Å². The molecule has 0 bridgehead atoms. The second-order valence-electron chi connectivity index (χ2n) is 6.47. The van der Waals surface area contributed by atoms with Crippen LogP contribution in [0.5, 0.6) is 0 Å². The predicted octanol–water partition coefficient (Wildman–Crippen LogP) is 1.88. The van der Waals surface area contributed by atoms with E-state index in [-0.39, 0.29) is 18.4 Å². The lowest BCUT2D eigenvalue weighted by Gasteiger charge is -2.09. The molecule has 0 aliphatic carbocycles. The predicted molar refractivity (Wildman–Crippen MR) is 115 cm³/mol. The zero-order chi connectivity index (χ0) is 21.2. The summed E-state index contributed by atoms with van der Waals surface area (Å²) >= 11 is 0. The van der Waals surface area contributed by atoms with Gasteiger partial charge in [-0.25, -0.2) is 4.98 Å². The fourth-order valence-electron chi connectivity index (χ4n) is 2.54. The number of aromatic nitrogens is 3. The van der Waals surface area contributed by atoms with E-state index >= 15 is 0 Å². The largest absolute Gasteiger partial charge is 0.367 e. The van der Waals surface area contributed by atoms with Crippen LogP contribution in [0.1, 0.15) is 15.9 Å². The van der Waals surface area contributed by atoms with Crippen LogP contribution in [0.15, 0.2) is 60.8 Å². The van der Waals surface area contributed by atoms with Crippen LogP contribution in [0.2, 0.25) is 0 Å². The summed E-state index contributed by atoms with van der Waals surface area (Å²) in [4.78, 5) is 27.9. The Morgan fingerprint density at radius 1 is 0.867 bits per heavy atom. The van der Waals surface area contributed by atoms with Gasteiger partial charge in [-0.05, 0) is 48.9 Å². The van der Waals surface area contributed by atoms with Crippen LogP contribution >= 0.6 is 0 Å². The number of amides is 2. The van der Waals surface area contributed by atoms with E-state index in [1.807, 2.05) is 25.1 Å². The van der Waals surface area contributed by atoms with Crippen molar-refractivity contribution in [3.8, 4) is 0 Å². The first kappa shape index (κ1) is 20.7. The lowest BCUT2D eigenvalue weighted by Crippen LogP contribution is -2.38. The highest BCUT2D eigenvalue weighted by molar-refractivity contribution is 5.96. The first-order valence-corrected chi connectivity index (χ1v) is 9.47. The Kier molecular flexibility index (Phi) is 7.26. The molecule has 2 heterocycles. The number of hydrogen-bond acceptors (Lipinski definition) is 7. The van der Waals surface area contributed by atoms with Gasteiger partial charge in [-0.1, -0.05) is 18.2 Å². The van der Waals surface area contributed by atoms with Gasteiger partial charge in [-0.15, -0.1) is 10.2 Å². The Morgan fingerprint density at radius 2 is 1.63 bits per heavy atom. The molecule has 4 N–H and O–H groups in total. The van der Waals surface area contributed by atoms with E-state index in [1.54, 1.807) is 42.6 Å². The zero-order valence-corrected chi connectivity index (χ0v) is 16.6. The Balaban J connectivity index is 1.34. The van der Waals surface area contributed by atoms with Gasteiger partial charge >= 0.3 is 0 Å². The van der Waals surface area contributed by atoms with Gasteiger partial charge in [0.2, 0.25) is 5.91 Å². The summed E-state index contributed by atoms with van der Waals surface area (Å²) in [5.74, 6) is 1.32. The first-order valence-electron chi connectivity index (χ1n) is 9.47. The molecule has 0 saturated carbocycles. The van der Waals surface area contributed by atoms with Crippen LogP contribution in [0.4, 0.5) is 17.5 Å². The number of rotatable bonds is 9. The van der Waals surface area contributed by atoms with Gasteiger partial charge in [0.05, 0.1) is 6.54 Å². The van der Waals surface area contributed by atoms with Crippen molar-refractivity contribution < 1.29 is 9.59 Å². The number of nitrogens with one attached hydrogen (secondary N) is 4.